The molecule has 1 aliphatic rings. The molecule has 1 aliphatic heterocycles. The van der Waals surface area contributed by atoms with Crippen LogP contribution in [0.5, 0.6) is 0 Å². The Kier molecular flexibility index (Phi) is 5.88. The molecule has 0 aromatic carbocycles. The van der Waals surface area contributed by atoms with Crippen molar-refractivity contribution in [3.8, 4) is 0 Å². The summed E-state index contributed by atoms with van der Waals surface area (Å²) in [7, 11) is 0. The van der Waals surface area contributed by atoms with Gasteiger partial charge in [0.1, 0.15) is 5.78 Å². The minimum Gasteiger partial charge on any atom is -0.396 e. The molecule has 0 bridgehead atoms. The number of hydrogen-bond acceptors (Lipinski definition) is 3. The van der Waals surface area contributed by atoms with Crippen molar-refractivity contribution in [2.45, 2.75) is 39.0 Å². The zero-order chi connectivity index (χ0) is 11.1. The van der Waals surface area contributed by atoms with E-state index < -0.39 is 0 Å². The van der Waals surface area contributed by atoms with Crippen LogP contribution in [0, 0.1) is 5.92 Å². The van der Waals surface area contributed by atoms with Gasteiger partial charge in [-0.05, 0) is 58.2 Å². The number of aliphatic hydroxyl groups is 1. The molecule has 1 N–H and O–H groups in total. The molecule has 0 spiro atoms. The van der Waals surface area contributed by atoms with Crippen LogP contribution in [0.25, 0.3) is 0 Å². The molecule has 1 fully saturated rings. The monoisotopic (exact) mass is 213 g/mol. The summed E-state index contributed by atoms with van der Waals surface area (Å²) in [6, 6.07) is 0. The molecule has 0 aromatic heterocycles. The van der Waals surface area contributed by atoms with Gasteiger partial charge in [-0.1, -0.05) is 0 Å². The van der Waals surface area contributed by atoms with Crippen molar-refractivity contribution in [3.63, 3.8) is 0 Å². The molecule has 3 nitrogen and oxygen atoms in total. The van der Waals surface area contributed by atoms with Gasteiger partial charge in [0.15, 0.2) is 0 Å². The molecule has 0 radical (unpaired) electrons. The average Bonchev–Trinajstić information content (AvgIpc) is 2.25. The Morgan fingerprint density at radius 3 is 2.53 bits per heavy atom. The zero-order valence-electron chi connectivity index (χ0n) is 9.74. The number of aliphatic hydroxyl groups excluding tert-OH is 1. The van der Waals surface area contributed by atoms with Crippen LogP contribution >= 0.6 is 0 Å². The third-order valence-electron chi connectivity index (χ3n) is 3.22. The minimum absolute atomic E-state index is 0.300. The lowest BCUT2D eigenvalue weighted by Crippen LogP contribution is -2.35. The Bertz CT molecular complexity index is 186. The average molecular weight is 213 g/mol. The van der Waals surface area contributed by atoms with Crippen molar-refractivity contribution < 1.29 is 9.90 Å². The number of likely N-dealkylation sites (tertiary alicyclic amines) is 1. The van der Waals surface area contributed by atoms with Crippen molar-refractivity contribution in [2.75, 3.05) is 26.2 Å². The second-order valence-corrected chi connectivity index (χ2v) is 4.63. The largest absolute Gasteiger partial charge is 0.396 e. The Hall–Kier alpha value is -0.410. The number of hydrogen-bond donors (Lipinski definition) is 1. The van der Waals surface area contributed by atoms with Gasteiger partial charge in [0.05, 0.1) is 0 Å². The lowest BCUT2D eigenvalue weighted by atomic mass is 9.98. The maximum absolute atomic E-state index is 10.7. The number of Topliss-reactive ketones (excluding diaryl/α,β-unsaturated/α-hetero) is 1. The standard InChI is InChI=1S/C12H23NO2/c1-11(15)4-2-3-7-13-8-5-12(10-14)6-9-13/h12,14H,2-10H2,1H3. The summed E-state index contributed by atoms with van der Waals surface area (Å²) in [6.07, 6.45) is 5.14. The van der Waals surface area contributed by atoms with Crippen molar-refractivity contribution in [1.82, 2.24) is 4.90 Å². The van der Waals surface area contributed by atoms with Gasteiger partial charge < -0.3 is 14.8 Å². The third kappa shape index (κ3) is 5.28. The summed E-state index contributed by atoms with van der Waals surface area (Å²) in [5.41, 5.74) is 0. The van der Waals surface area contributed by atoms with E-state index in [1.165, 1.54) is 0 Å². The highest BCUT2D eigenvalue weighted by atomic mass is 16.3. The van der Waals surface area contributed by atoms with Crippen LogP contribution in [-0.4, -0.2) is 42.0 Å². The summed E-state index contributed by atoms with van der Waals surface area (Å²) < 4.78 is 0. The smallest absolute Gasteiger partial charge is 0.129 e. The van der Waals surface area contributed by atoms with E-state index in [1.807, 2.05) is 0 Å². The van der Waals surface area contributed by atoms with Gasteiger partial charge in [-0.25, -0.2) is 0 Å². The van der Waals surface area contributed by atoms with Crippen LogP contribution in [0.1, 0.15) is 39.0 Å². The normalized spacial score (nSPS) is 19.3. The number of carbonyl (C=O) groups excluding carboxylic acids is 1. The summed E-state index contributed by atoms with van der Waals surface area (Å²) in [5.74, 6) is 0.826. The quantitative estimate of drug-likeness (QED) is 0.679. The van der Waals surface area contributed by atoms with Crippen LogP contribution in [0.3, 0.4) is 0 Å². The maximum atomic E-state index is 10.7. The predicted octanol–water partition coefficient (Wildman–Crippen LogP) is 1.45. The number of carbonyl (C=O) groups is 1. The van der Waals surface area contributed by atoms with Gasteiger partial charge in [-0.15, -0.1) is 0 Å². The Balaban J connectivity index is 2.01. The van der Waals surface area contributed by atoms with Crippen molar-refractivity contribution >= 4 is 5.78 Å². The lowest BCUT2D eigenvalue weighted by molar-refractivity contribution is -0.117. The molecule has 1 saturated heterocycles. The van der Waals surface area contributed by atoms with E-state index in [9.17, 15) is 4.79 Å². The van der Waals surface area contributed by atoms with E-state index in [0.29, 0.717) is 18.3 Å². The van der Waals surface area contributed by atoms with Gasteiger partial charge in [0.2, 0.25) is 0 Å². The maximum Gasteiger partial charge on any atom is 0.129 e. The number of piperidine rings is 1. The first-order valence-corrected chi connectivity index (χ1v) is 6.05. The van der Waals surface area contributed by atoms with Crippen molar-refractivity contribution in [3.05, 3.63) is 0 Å². The molecule has 0 aromatic rings. The Morgan fingerprint density at radius 2 is 2.00 bits per heavy atom. The van der Waals surface area contributed by atoms with E-state index in [0.717, 1.165) is 51.7 Å². The fourth-order valence-electron chi connectivity index (χ4n) is 2.10. The van der Waals surface area contributed by atoms with Gasteiger partial charge in [-0.2, -0.15) is 0 Å². The van der Waals surface area contributed by atoms with Crippen LogP contribution in [-0.2, 0) is 4.79 Å². The molecular formula is C12H23NO2. The first-order chi connectivity index (χ1) is 7.22. The number of nitrogens with zero attached hydrogens (tertiary/aromatic N) is 1. The molecule has 15 heavy (non-hydrogen) atoms. The molecular weight excluding hydrogens is 190 g/mol. The molecule has 0 amide bonds. The molecule has 88 valence electrons. The summed E-state index contributed by atoms with van der Waals surface area (Å²) >= 11 is 0. The Labute approximate surface area is 92.5 Å². The second kappa shape index (κ2) is 6.96. The van der Waals surface area contributed by atoms with Gasteiger partial charge >= 0.3 is 0 Å². The highest BCUT2D eigenvalue weighted by Gasteiger charge is 2.17. The first-order valence-electron chi connectivity index (χ1n) is 6.05. The number of ketones is 1. The van der Waals surface area contributed by atoms with Gasteiger partial charge in [0.25, 0.3) is 0 Å². The molecule has 0 unspecified atom stereocenters. The summed E-state index contributed by atoms with van der Waals surface area (Å²) in [4.78, 5) is 13.2. The molecule has 1 rings (SSSR count). The van der Waals surface area contributed by atoms with Crippen LogP contribution < -0.4 is 0 Å². The predicted molar refractivity (Wildman–Crippen MR) is 60.8 cm³/mol. The van der Waals surface area contributed by atoms with Crippen LogP contribution in [0.15, 0.2) is 0 Å². The van der Waals surface area contributed by atoms with E-state index in [1.54, 1.807) is 6.92 Å². The van der Waals surface area contributed by atoms with E-state index in [-0.39, 0.29) is 0 Å². The Morgan fingerprint density at radius 1 is 1.33 bits per heavy atom. The van der Waals surface area contributed by atoms with E-state index in [2.05, 4.69) is 4.90 Å². The highest BCUT2D eigenvalue weighted by molar-refractivity contribution is 5.75. The second-order valence-electron chi connectivity index (χ2n) is 4.63. The lowest BCUT2D eigenvalue weighted by Gasteiger charge is -2.30. The molecule has 3 heteroatoms. The van der Waals surface area contributed by atoms with Gasteiger partial charge in [-0.3, -0.25) is 0 Å². The number of unbranched alkanes of at least 4 members (excludes halogenated alkanes) is 1. The summed E-state index contributed by atoms with van der Waals surface area (Å²) in [5, 5.41) is 9.00. The fraction of sp³-hybridized carbons (Fsp3) is 0.917. The van der Waals surface area contributed by atoms with E-state index in [4.69, 9.17) is 5.11 Å². The van der Waals surface area contributed by atoms with Crippen LogP contribution in [0.2, 0.25) is 0 Å². The van der Waals surface area contributed by atoms with Crippen molar-refractivity contribution in [2.24, 2.45) is 5.92 Å². The zero-order valence-corrected chi connectivity index (χ0v) is 9.74. The van der Waals surface area contributed by atoms with Gasteiger partial charge in [0, 0.05) is 13.0 Å². The summed E-state index contributed by atoms with van der Waals surface area (Å²) in [6.45, 7) is 5.35. The van der Waals surface area contributed by atoms with E-state index >= 15 is 0 Å². The third-order valence-corrected chi connectivity index (χ3v) is 3.22. The molecule has 1 heterocycles. The SMILES string of the molecule is CC(=O)CCCCN1CCC(CO)CC1. The molecule has 0 saturated carbocycles. The minimum atomic E-state index is 0.300. The topological polar surface area (TPSA) is 40.5 Å². The van der Waals surface area contributed by atoms with Crippen molar-refractivity contribution in [1.29, 1.82) is 0 Å². The molecule has 0 atom stereocenters. The first kappa shape index (κ1) is 12.7. The highest BCUT2D eigenvalue weighted by Crippen LogP contribution is 2.16. The molecule has 0 aliphatic carbocycles. The number of rotatable bonds is 6. The fourth-order valence-corrected chi connectivity index (χ4v) is 2.10. The van der Waals surface area contributed by atoms with Crippen LogP contribution in [0.4, 0.5) is 0 Å².